The Morgan fingerprint density at radius 3 is 2.47 bits per heavy atom. The first kappa shape index (κ1) is 13.9. The van der Waals surface area contributed by atoms with E-state index in [0.717, 1.165) is 24.5 Å². The van der Waals surface area contributed by atoms with Crippen molar-refractivity contribution >= 4 is 0 Å². The molecule has 0 spiro atoms. The average Bonchev–Trinajstić information content (AvgIpc) is 3.22. The van der Waals surface area contributed by atoms with Crippen molar-refractivity contribution in [1.29, 1.82) is 0 Å². The van der Waals surface area contributed by atoms with Gasteiger partial charge in [0.05, 0.1) is 6.10 Å². The molecule has 3 aliphatic rings. The van der Waals surface area contributed by atoms with Gasteiger partial charge in [-0.25, -0.2) is 0 Å². The second-order valence-corrected chi connectivity index (χ2v) is 7.68. The minimum Gasteiger partial charge on any atom is -0.378 e. The smallest absolute Gasteiger partial charge is 0.0655 e. The maximum absolute atomic E-state index is 5.84. The van der Waals surface area contributed by atoms with E-state index in [1.165, 1.54) is 44.9 Å². The SMILES string of the molecule is CCOC1CC(NC2CCCC(C3CC3)C2)C1(C)C. The van der Waals surface area contributed by atoms with Crippen LogP contribution in [0.1, 0.15) is 65.7 Å². The molecule has 3 fully saturated rings. The highest BCUT2D eigenvalue weighted by Gasteiger charge is 2.49. The predicted molar refractivity (Wildman–Crippen MR) is 79.2 cm³/mol. The van der Waals surface area contributed by atoms with Gasteiger partial charge in [-0.3, -0.25) is 0 Å². The van der Waals surface area contributed by atoms with E-state index in [9.17, 15) is 0 Å². The van der Waals surface area contributed by atoms with Gasteiger partial charge < -0.3 is 10.1 Å². The van der Waals surface area contributed by atoms with Gasteiger partial charge in [0.1, 0.15) is 0 Å². The third kappa shape index (κ3) is 2.85. The van der Waals surface area contributed by atoms with Crippen LogP contribution in [-0.2, 0) is 4.74 Å². The van der Waals surface area contributed by atoms with E-state index in [2.05, 4.69) is 26.1 Å². The molecule has 0 aromatic rings. The molecule has 0 aliphatic heterocycles. The number of rotatable bonds is 5. The van der Waals surface area contributed by atoms with Crippen LogP contribution in [0.2, 0.25) is 0 Å². The van der Waals surface area contributed by atoms with Crippen LogP contribution in [-0.4, -0.2) is 24.8 Å². The fraction of sp³-hybridized carbons (Fsp3) is 1.00. The van der Waals surface area contributed by atoms with Gasteiger partial charge >= 0.3 is 0 Å². The lowest BCUT2D eigenvalue weighted by molar-refractivity contribution is -0.117. The Labute approximate surface area is 118 Å². The third-order valence-corrected chi connectivity index (χ3v) is 5.99. The molecule has 4 unspecified atom stereocenters. The summed E-state index contributed by atoms with van der Waals surface area (Å²) in [4.78, 5) is 0. The zero-order valence-electron chi connectivity index (χ0n) is 13.0. The van der Waals surface area contributed by atoms with Gasteiger partial charge in [-0.1, -0.05) is 26.7 Å². The molecule has 3 saturated carbocycles. The van der Waals surface area contributed by atoms with E-state index in [0.29, 0.717) is 17.6 Å². The van der Waals surface area contributed by atoms with Gasteiger partial charge in [0, 0.05) is 24.1 Å². The summed E-state index contributed by atoms with van der Waals surface area (Å²) in [5.41, 5.74) is 0.322. The first-order valence-electron chi connectivity index (χ1n) is 8.49. The molecule has 0 aromatic heterocycles. The van der Waals surface area contributed by atoms with Crippen molar-refractivity contribution in [2.75, 3.05) is 6.61 Å². The molecule has 3 rings (SSSR count). The fourth-order valence-electron chi connectivity index (χ4n) is 4.31. The minimum absolute atomic E-state index is 0.322. The number of ether oxygens (including phenoxy) is 1. The molecule has 0 heterocycles. The normalized spacial score (nSPS) is 41.8. The Hall–Kier alpha value is -0.0800. The second-order valence-electron chi connectivity index (χ2n) is 7.68. The van der Waals surface area contributed by atoms with Crippen molar-refractivity contribution in [3.8, 4) is 0 Å². The lowest BCUT2D eigenvalue weighted by Gasteiger charge is -2.53. The van der Waals surface area contributed by atoms with Crippen molar-refractivity contribution in [1.82, 2.24) is 5.32 Å². The Bertz CT molecular complexity index is 310. The van der Waals surface area contributed by atoms with E-state index < -0.39 is 0 Å². The van der Waals surface area contributed by atoms with Gasteiger partial charge in [0.15, 0.2) is 0 Å². The molecule has 0 bridgehead atoms. The molecule has 0 radical (unpaired) electrons. The zero-order valence-corrected chi connectivity index (χ0v) is 13.0. The molecule has 0 saturated heterocycles. The predicted octanol–water partition coefficient (Wildman–Crippen LogP) is 3.75. The van der Waals surface area contributed by atoms with E-state index in [1.54, 1.807) is 0 Å². The number of nitrogens with one attached hydrogen (secondary N) is 1. The first-order valence-corrected chi connectivity index (χ1v) is 8.49. The van der Waals surface area contributed by atoms with E-state index in [1.807, 2.05) is 0 Å². The van der Waals surface area contributed by atoms with Gasteiger partial charge in [0.25, 0.3) is 0 Å². The largest absolute Gasteiger partial charge is 0.378 e. The highest BCUT2D eigenvalue weighted by Crippen LogP contribution is 2.46. The summed E-state index contributed by atoms with van der Waals surface area (Å²) < 4.78 is 5.84. The van der Waals surface area contributed by atoms with E-state index in [-0.39, 0.29) is 0 Å². The third-order valence-electron chi connectivity index (χ3n) is 5.99. The second kappa shape index (κ2) is 5.37. The van der Waals surface area contributed by atoms with Gasteiger partial charge in [-0.05, 0) is 50.9 Å². The maximum Gasteiger partial charge on any atom is 0.0655 e. The Kier molecular flexibility index (Phi) is 3.92. The summed E-state index contributed by atoms with van der Waals surface area (Å²) in [6, 6.07) is 1.46. The molecular formula is C17H31NO. The average molecular weight is 265 g/mol. The van der Waals surface area contributed by atoms with Gasteiger partial charge in [-0.15, -0.1) is 0 Å². The summed E-state index contributed by atoms with van der Waals surface area (Å²) in [5, 5.41) is 3.97. The van der Waals surface area contributed by atoms with Crippen molar-refractivity contribution in [2.45, 2.75) is 83.9 Å². The first-order chi connectivity index (χ1) is 9.11. The molecular weight excluding hydrogens is 234 g/mol. The van der Waals surface area contributed by atoms with Crippen LogP contribution in [0.5, 0.6) is 0 Å². The minimum atomic E-state index is 0.322. The molecule has 1 N–H and O–H groups in total. The standard InChI is InChI=1S/C17H31NO/c1-4-19-16-11-15(17(16,2)3)18-14-7-5-6-13(10-14)12-8-9-12/h12-16,18H,4-11H2,1-3H3. The molecule has 0 amide bonds. The molecule has 2 heteroatoms. The molecule has 4 atom stereocenters. The molecule has 19 heavy (non-hydrogen) atoms. The van der Waals surface area contributed by atoms with Crippen molar-refractivity contribution in [2.24, 2.45) is 17.3 Å². The van der Waals surface area contributed by atoms with Crippen molar-refractivity contribution < 1.29 is 4.74 Å². The van der Waals surface area contributed by atoms with Crippen LogP contribution in [0, 0.1) is 17.3 Å². The van der Waals surface area contributed by atoms with Crippen LogP contribution < -0.4 is 5.32 Å². The fourth-order valence-corrected chi connectivity index (χ4v) is 4.31. The van der Waals surface area contributed by atoms with Crippen molar-refractivity contribution in [3.63, 3.8) is 0 Å². The van der Waals surface area contributed by atoms with Gasteiger partial charge in [0.2, 0.25) is 0 Å². The van der Waals surface area contributed by atoms with Crippen LogP contribution in [0.15, 0.2) is 0 Å². The van der Waals surface area contributed by atoms with Crippen LogP contribution >= 0.6 is 0 Å². The summed E-state index contributed by atoms with van der Waals surface area (Å²) in [6.07, 6.45) is 10.5. The van der Waals surface area contributed by atoms with Crippen molar-refractivity contribution in [3.05, 3.63) is 0 Å². The highest BCUT2D eigenvalue weighted by atomic mass is 16.5. The Morgan fingerprint density at radius 1 is 1.05 bits per heavy atom. The summed E-state index contributed by atoms with van der Waals surface area (Å²) in [5.74, 6) is 2.13. The Balaban J connectivity index is 1.49. The summed E-state index contributed by atoms with van der Waals surface area (Å²) in [7, 11) is 0. The van der Waals surface area contributed by atoms with E-state index in [4.69, 9.17) is 4.74 Å². The monoisotopic (exact) mass is 265 g/mol. The van der Waals surface area contributed by atoms with Crippen LogP contribution in [0.25, 0.3) is 0 Å². The topological polar surface area (TPSA) is 21.3 Å². The van der Waals surface area contributed by atoms with Crippen LogP contribution in [0.3, 0.4) is 0 Å². The number of hydrogen-bond donors (Lipinski definition) is 1. The molecule has 0 aromatic carbocycles. The zero-order chi connectivity index (χ0) is 13.5. The molecule has 3 aliphatic carbocycles. The molecule has 2 nitrogen and oxygen atoms in total. The van der Waals surface area contributed by atoms with E-state index >= 15 is 0 Å². The maximum atomic E-state index is 5.84. The summed E-state index contributed by atoms with van der Waals surface area (Å²) >= 11 is 0. The van der Waals surface area contributed by atoms with Crippen LogP contribution in [0.4, 0.5) is 0 Å². The Morgan fingerprint density at radius 2 is 1.84 bits per heavy atom. The molecule has 110 valence electrons. The highest BCUT2D eigenvalue weighted by molar-refractivity contribution is 5.04. The lowest BCUT2D eigenvalue weighted by atomic mass is 9.64. The quantitative estimate of drug-likeness (QED) is 0.817. The van der Waals surface area contributed by atoms with Gasteiger partial charge in [-0.2, -0.15) is 0 Å². The lowest BCUT2D eigenvalue weighted by Crippen LogP contribution is -2.63. The summed E-state index contributed by atoms with van der Waals surface area (Å²) in [6.45, 7) is 7.71. The number of hydrogen-bond acceptors (Lipinski definition) is 2.